The average molecular weight is 325 g/mol. The zero-order valence-electron chi connectivity index (χ0n) is 10.5. The highest BCUT2D eigenvalue weighted by Gasteiger charge is 2.23. The quantitative estimate of drug-likeness (QED) is 0.396. The van der Waals surface area contributed by atoms with Gasteiger partial charge in [-0.25, -0.2) is 0 Å². The van der Waals surface area contributed by atoms with Crippen molar-refractivity contribution in [2.75, 3.05) is 11.2 Å². The molecule has 0 aliphatic carbocycles. The third kappa shape index (κ3) is 3.26. The molecule has 0 saturated carbocycles. The summed E-state index contributed by atoms with van der Waals surface area (Å²) in [4.78, 5) is 34.1. The van der Waals surface area contributed by atoms with Crippen LogP contribution in [0.2, 0.25) is 0 Å². The second-order valence-electron chi connectivity index (χ2n) is 3.95. The number of anilines is 1. The molecule has 1 aromatic carbocycles. The van der Waals surface area contributed by atoms with Gasteiger partial charge in [-0.15, -0.1) is 22.9 Å². The maximum atomic E-state index is 12.4. The Morgan fingerprint density at radius 1 is 1.24 bits per heavy atom. The Morgan fingerprint density at radius 3 is 2.62 bits per heavy atom. The second kappa shape index (κ2) is 6.47. The minimum Gasteiger partial charge on any atom is -0.316 e. The summed E-state index contributed by atoms with van der Waals surface area (Å²) in [6.45, 7) is 0. The smallest absolute Gasteiger partial charge is 0.280 e. The van der Waals surface area contributed by atoms with Crippen LogP contribution in [0.3, 0.4) is 0 Å². The average Bonchev–Trinajstić information content (AvgIpc) is 2.94. The van der Waals surface area contributed by atoms with Crippen LogP contribution in [0.25, 0.3) is 0 Å². The van der Waals surface area contributed by atoms with E-state index in [0.29, 0.717) is 5.00 Å². The van der Waals surface area contributed by atoms with Gasteiger partial charge in [0, 0.05) is 6.07 Å². The second-order valence-corrected chi connectivity index (χ2v) is 5.13. The SMILES string of the molecule is O=C(CCl)Nc1sccc1C(=O)c1ccccc1[N+](=O)[O-]. The monoisotopic (exact) mass is 324 g/mol. The van der Waals surface area contributed by atoms with Gasteiger partial charge in [-0.05, 0) is 17.5 Å². The van der Waals surface area contributed by atoms with Crippen molar-refractivity contribution >= 4 is 45.3 Å². The normalized spacial score (nSPS) is 10.1. The van der Waals surface area contributed by atoms with E-state index in [-0.39, 0.29) is 22.7 Å². The molecule has 1 N–H and O–H groups in total. The molecule has 1 heterocycles. The molecule has 0 saturated heterocycles. The van der Waals surface area contributed by atoms with Crippen LogP contribution < -0.4 is 5.32 Å². The maximum absolute atomic E-state index is 12.4. The van der Waals surface area contributed by atoms with Crippen molar-refractivity contribution in [3.8, 4) is 0 Å². The molecule has 2 rings (SSSR count). The number of benzene rings is 1. The number of nitro benzene ring substituents is 1. The lowest BCUT2D eigenvalue weighted by molar-refractivity contribution is -0.385. The van der Waals surface area contributed by atoms with E-state index in [1.54, 1.807) is 11.4 Å². The number of hydrogen-bond acceptors (Lipinski definition) is 5. The number of alkyl halides is 1. The molecule has 0 aliphatic rings. The molecule has 0 bridgehead atoms. The van der Waals surface area contributed by atoms with Crippen LogP contribution in [0.5, 0.6) is 0 Å². The third-order valence-electron chi connectivity index (χ3n) is 2.63. The van der Waals surface area contributed by atoms with Gasteiger partial charge in [0.25, 0.3) is 5.69 Å². The number of carbonyl (C=O) groups is 2. The fraction of sp³-hybridized carbons (Fsp3) is 0.0769. The van der Waals surface area contributed by atoms with E-state index in [9.17, 15) is 19.7 Å². The summed E-state index contributed by atoms with van der Waals surface area (Å²) < 4.78 is 0. The van der Waals surface area contributed by atoms with E-state index in [1.165, 1.54) is 24.3 Å². The molecule has 21 heavy (non-hydrogen) atoms. The highest BCUT2D eigenvalue weighted by Crippen LogP contribution is 2.29. The molecular formula is C13H9ClN2O4S. The number of rotatable bonds is 5. The molecule has 0 aliphatic heterocycles. The van der Waals surface area contributed by atoms with Gasteiger partial charge in [-0.3, -0.25) is 19.7 Å². The van der Waals surface area contributed by atoms with Crippen molar-refractivity contribution in [3.63, 3.8) is 0 Å². The Kier molecular flexibility index (Phi) is 4.66. The van der Waals surface area contributed by atoms with Gasteiger partial charge in [0.2, 0.25) is 11.7 Å². The molecule has 108 valence electrons. The number of carbonyl (C=O) groups excluding carboxylic acids is 2. The van der Waals surface area contributed by atoms with Gasteiger partial charge in [0.1, 0.15) is 16.4 Å². The number of hydrogen-bond donors (Lipinski definition) is 1. The fourth-order valence-corrected chi connectivity index (χ4v) is 2.58. The van der Waals surface area contributed by atoms with Crippen molar-refractivity contribution in [3.05, 3.63) is 57.0 Å². The predicted molar refractivity (Wildman–Crippen MR) is 80.2 cm³/mol. The molecule has 0 spiro atoms. The van der Waals surface area contributed by atoms with E-state index >= 15 is 0 Å². The molecule has 0 radical (unpaired) electrons. The van der Waals surface area contributed by atoms with Crippen LogP contribution >= 0.6 is 22.9 Å². The number of amides is 1. The van der Waals surface area contributed by atoms with Gasteiger partial charge in [0.15, 0.2) is 0 Å². The van der Waals surface area contributed by atoms with E-state index in [2.05, 4.69) is 5.32 Å². The van der Waals surface area contributed by atoms with E-state index in [1.807, 2.05) is 0 Å². The molecule has 6 nitrogen and oxygen atoms in total. The van der Waals surface area contributed by atoms with Crippen LogP contribution in [0, 0.1) is 10.1 Å². The largest absolute Gasteiger partial charge is 0.316 e. The summed E-state index contributed by atoms with van der Waals surface area (Å²) in [6.07, 6.45) is 0. The summed E-state index contributed by atoms with van der Waals surface area (Å²) in [6, 6.07) is 7.18. The van der Waals surface area contributed by atoms with Crippen LogP contribution in [-0.4, -0.2) is 22.5 Å². The van der Waals surface area contributed by atoms with E-state index < -0.39 is 16.6 Å². The summed E-state index contributed by atoms with van der Waals surface area (Å²) in [7, 11) is 0. The molecular weight excluding hydrogens is 316 g/mol. The Hall–Kier alpha value is -2.25. The number of nitro groups is 1. The van der Waals surface area contributed by atoms with E-state index in [4.69, 9.17) is 11.6 Å². The summed E-state index contributed by atoms with van der Waals surface area (Å²) in [5.41, 5.74) is -0.0987. The molecule has 1 aromatic heterocycles. The number of thiophene rings is 1. The minimum atomic E-state index is -0.614. The van der Waals surface area contributed by atoms with Gasteiger partial charge in [0.05, 0.1) is 10.5 Å². The lowest BCUT2D eigenvalue weighted by Crippen LogP contribution is -2.14. The molecule has 2 aromatic rings. The Balaban J connectivity index is 2.40. The first-order valence-corrected chi connectivity index (χ1v) is 7.17. The number of nitrogens with zero attached hydrogens (tertiary/aromatic N) is 1. The fourth-order valence-electron chi connectivity index (χ4n) is 1.71. The highest BCUT2D eigenvalue weighted by molar-refractivity contribution is 7.14. The summed E-state index contributed by atoms with van der Waals surface area (Å²) in [5.74, 6) is -1.21. The maximum Gasteiger partial charge on any atom is 0.280 e. The topological polar surface area (TPSA) is 89.3 Å². The van der Waals surface area contributed by atoms with Crippen LogP contribution in [0.1, 0.15) is 15.9 Å². The molecule has 1 amide bonds. The Labute approximate surface area is 128 Å². The first kappa shape index (κ1) is 15.1. The summed E-state index contributed by atoms with van der Waals surface area (Å²) in [5, 5.41) is 15.4. The highest BCUT2D eigenvalue weighted by atomic mass is 35.5. The standard InChI is InChI=1S/C13H9ClN2O4S/c14-7-11(17)15-13-9(5-6-21-13)12(18)8-3-1-2-4-10(8)16(19)20/h1-6H,7H2,(H,15,17). The number of para-hydroxylation sites is 1. The molecule has 0 unspecified atom stereocenters. The zero-order chi connectivity index (χ0) is 15.4. The van der Waals surface area contributed by atoms with Crippen molar-refractivity contribution in [1.82, 2.24) is 0 Å². The first-order chi connectivity index (χ1) is 10.0. The van der Waals surface area contributed by atoms with Gasteiger partial charge in [-0.1, -0.05) is 12.1 Å². The van der Waals surface area contributed by atoms with Gasteiger partial charge >= 0.3 is 0 Å². The van der Waals surface area contributed by atoms with Crippen molar-refractivity contribution < 1.29 is 14.5 Å². The van der Waals surface area contributed by atoms with E-state index in [0.717, 1.165) is 11.3 Å². The third-order valence-corrected chi connectivity index (χ3v) is 3.70. The minimum absolute atomic E-state index is 0.0257. The van der Waals surface area contributed by atoms with Crippen molar-refractivity contribution in [2.45, 2.75) is 0 Å². The Morgan fingerprint density at radius 2 is 1.95 bits per heavy atom. The molecule has 0 atom stereocenters. The summed E-state index contributed by atoms with van der Waals surface area (Å²) >= 11 is 6.55. The lowest BCUT2D eigenvalue weighted by Gasteiger charge is -2.05. The van der Waals surface area contributed by atoms with Crippen molar-refractivity contribution in [1.29, 1.82) is 0 Å². The predicted octanol–water partition coefficient (Wildman–Crippen LogP) is 3.06. The molecule has 0 fully saturated rings. The number of ketones is 1. The molecule has 8 heteroatoms. The first-order valence-electron chi connectivity index (χ1n) is 5.76. The van der Waals surface area contributed by atoms with Crippen molar-refractivity contribution in [2.24, 2.45) is 0 Å². The van der Waals surface area contributed by atoms with Gasteiger partial charge in [-0.2, -0.15) is 0 Å². The Bertz CT molecular complexity index is 714. The zero-order valence-corrected chi connectivity index (χ0v) is 12.1. The van der Waals surface area contributed by atoms with Crippen LogP contribution in [0.15, 0.2) is 35.7 Å². The van der Waals surface area contributed by atoms with Crippen LogP contribution in [-0.2, 0) is 4.79 Å². The number of halogens is 1. The lowest BCUT2D eigenvalue weighted by atomic mass is 10.0. The number of nitrogens with one attached hydrogen (secondary N) is 1. The van der Waals surface area contributed by atoms with Gasteiger partial charge < -0.3 is 5.32 Å². The van der Waals surface area contributed by atoms with Crippen LogP contribution in [0.4, 0.5) is 10.7 Å².